The quantitative estimate of drug-likeness (QED) is 0.465. The highest BCUT2D eigenvalue weighted by Gasteiger charge is 2.52. The molecule has 0 aromatic heterocycles. The molecule has 2 aromatic carbocycles. The molecule has 0 aliphatic heterocycles. The Morgan fingerprint density at radius 1 is 1.11 bits per heavy atom. The van der Waals surface area contributed by atoms with E-state index in [1.165, 1.54) is 35.6 Å². The Morgan fingerprint density at radius 3 is 2.67 bits per heavy atom. The van der Waals surface area contributed by atoms with Crippen molar-refractivity contribution in [1.29, 1.82) is 0 Å². The molecule has 2 fully saturated rings. The fourth-order valence-electron chi connectivity index (χ4n) is 6.06. The average molecular weight is 487 g/mol. The molecule has 5 heteroatoms. The SMILES string of the molecule is CCOC(=O)C1(NC(=O)C2=CCC([C@H]3CCC[C@H](N[C@H](C)c4cccc5ccccc45)C3)C=C2)CC1. The topological polar surface area (TPSA) is 67.4 Å². The van der Waals surface area contributed by atoms with Crippen molar-refractivity contribution in [2.24, 2.45) is 11.8 Å². The molecule has 3 aliphatic carbocycles. The number of carbonyl (C=O) groups is 2. The molecule has 2 N–H and O–H groups in total. The Bertz CT molecular complexity index is 1170. The summed E-state index contributed by atoms with van der Waals surface area (Å²) in [7, 11) is 0. The van der Waals surface area contributed by atoms with Crippen LogP contribution in [0.15, 0.2) is 66.3 Å². The van der Waals surface area contributed by atoms with Gasteiger partial charge >= 0.3 is 5.97 Å². The van der Waals surface area contributed by atoms with E-state index < -0.39 is 5.54 Å². The molecule has 0 radical (unpaired) electrons. The lowest BCUT2D eigenvalue weighted by molar-refractivity contribution is -0.148. The van der Waals surface area contributed by atoms with Gasteiger partial charge in [0.15, 0.2) is 0 Å². The summed E-state index contributed by atoms with van der Waals surface area (Å²) in [4.78, 5) is 25.0. The molecule has 4 atom stereocenters. The lowest BCUT2D eigenvalue weighted by Crippen LogP contribution is -2.44. The van der Waals surface area contributed by atoms with Crippen LogP contribution in [-0.2, 0) is 14.3 Å². The third-order valence-corrected chi connectivity index (χ3v) is 8.26. The Hall–Kier alpha value is -2.92. The number of rotatable bonds is 8. The van der Waals surface area contributed by atoms with Crippen molar-refractivity contribution in [2.75, 3.05) is 6.61 Å². The largest absolute Gasteiger partial charge is 0.464 e. The number of amides is 1. The monoisotopic (exact) mass is 486 g/mol. The molecule has 1 unspecified atom stereocenters. The van der Waals surface area contributed by atoms with Crippen LogP contribution in [0.25, 0.3) is 10.8 Å². The average Bonchev–Trinajstić information content (AvgIpc) is 3.69. The van der Waals surface area contributed by atoms with Crippen molar-refractivity contribution in [1.82, 2.24) is 10.6 Å². The van der Waals surface area contributed by atoms with Crippen molar-refractivity contribution in [3.05, 3.63) is 71.8 Å². The number of esters is 1. The van der Waals surface area contributed by atoms with Crippen LogP contribution >= 0.6 is 0 Å². The standard InChI is InChI=1S/C31H38N2O3/c1-3-36-30(35)31(18-19-31)33-29(34)24-16-14-22(15-17-24)25-10-6-11-26(20-25)32-21(2)27-13-7-9-23-8-4-5-12-28(23)27/h4-5,7-9,12-14,16-17,21-22,25-26,32H,3,6,10-11,15,18-20H2,1-2H3,(H,33,34)/t21-,22?,25+,26+/m1/s1. The van der Waals surface area contributed by atoms with Crippen LogP contribution in [0.2, 0.25) is 0 Å². The molecule has 3 aliphatic rings. The minimum atomic E-state index is -0.804. The minimum Gasteiger partial charge on any atom is -0.464 e. The van der Waals surface area contributed by atoms with Crippen molar-refractivity contribution in [3.63, 3.8) is 0 Å². The molecular formula is C31H38N2O3. The van der Waals surface area contributed by atoms with Gasteiger partial charge in [-0.05, 0) is 80.5 Å². The highest BCUT2D eigenvalue weighted by Crippen LogP contribution is 2.38. The number of carbonyl (C=O) groups excluding carboxylic acids is 2. The summed E-state index contributed by atoms with van der Waals surface area (Å²) in [6.07, 6.45) is 13.3. The van der Waals surface area contributed by atoms with Gasteiger partial charge in [-0.2, -0.15) is 0 Å². The van der Waals surface area contributed by atoms with Gasteiger partial charge in [-0.25, -0.2) is 4.79 Å². The molecule has 190 valence electrons. The first-order chi connectivity index (χ1) is 17.5. The summed E-state index contributed by atoms with van der Waals surface area (Å²) >= 11 is 0. The zero-order valence-corrected chi connectivity index (χ0v) is 21.5. The molecule has 36 heavy (non-hydrogen) atoms. The summed E-state index contributed by atoms with van der Waals surface area (Å²) in [6, 6.07) is 16.0. The molecule has 0 bridgehead atoms. The van der Waals surface area contributed by atoms with Gasteiger partial charge in [0, 0.05) is 17.7 Å². The van der Waals surface area contributed by atoms with Crippen LogP contribution in [0.3, 0.4) is 0 Å². The molecular weight excluding hydrogens is 448 g/mol. The number of ether oxygens (including phenoxy) is 1. The first kappa shape index (κ1) is 24.8. The fourth-order valence-corrected chi connectivity index (χ4v) is 6.06. The number of hydrogen-bond acceptors (Lipinski definition) is 4. The van der Waals surface area contributed by atoms with E-state index in [1.807, 2.05) is 6.08 Å². The van der Waals surface area contributed by atoms with Crippen molar-refractivity contribution >= 4 is 22.6 Å². The van der Waals surface area contributed by atoms with Gasteiger partial charge in [-0.15, -0.1) is 0 Å². The zero-order chi connectivity index (χ0) is 25.1. The second kappa shape index (κ2) is 10.6. The molecule has 2 aromatic rings. The lowest BCUT2D eigenvalue weighted by Gasteiger charge is -2.36. The third kappa shape index (κ3) is 5.27. The Balaban J connectivity index is 1.16. The Morgan fingerprint density at radius 2 is 1.92 bits per heavy atom. The maximum absolute atomic E-state index is 12.8. The van der Waals surface area contributed by atoms with E-state index in [2.05, 4.69) is 72.2 Å². The van der Waals surface area contributed by atoms with Gasteiger partial charge in [0.1, 0.15) is 5.54 Å². The van der Waals surface area contributed by atoms with Crippen molar-refractivity contribution in [3.8, 4) is 0 Å². The fraction of sp³-hybridized carbons (Fsp3) is 0.484. The number of hydrogen-bond donors (Lipinski definition) is 2. The Labute approximate surface area is 214 Å². The van der Waals surface area contributed by atoms with E-state index in [0.29, 0.717) is 48.9 Å². The van der Waals surface area contributed by atoms with Gasteiger partial charge in [0.2, 0.25) is 0 Å². The van der Waals surface area contributed by atoms with E-state index in [0.717, 1.165) is 12.8 Å². The number of benzene rings is 2. The van der Waals surface area contributed by atoms with Gasteiger partial charge in [-0.3, -0.25) is 4.79 Å². The smallest absolute Gasteiger partial charge is 0.331 e. The molecule has 5 nitrogen and oxygen atoms in total. The third-order valence-electron chi connectivity index (χ3n) is 8.26. The predicted octanol–water partition coefficient (Wildman–Crippen LogP) is 5.76. The summed E-state index contributed by atoms with van der Waals surface area (Å²) < 4.78 is 5.14. The molecule has 5 rings (SSSR count). The molecule has 0 saturated heterocycles. The van der Waals surface area contributed by atoms with E-state index in [-0.39, 0.29) is 11.9 Å². The van der Waals surface area contributed by atoms with E-state index in [9.17, 15) is 9.59 Å². The molecule has 0 spiro atoms. The summed E-state index contributed by atoms with van der Waals surface area (Å²) in [5.41, 5.74) is 1.22. The maximum Gasteiger partial charge on any atom is 0.331 e. The zero-order valence-electron chi connectivity index (χ0n) is 21.5. The van der Waals surface area contributed by atoms with Crippen LogP contribution < -0.4 is 10.6 Å². The number of nitrogens with one attached hydrogen (secondary N) is 2. The van der Waals surface area contributed by atoms with Crippen LogP contribution in [0, 0.1) is 11.8 Å². The second-order valence-electron chi connectivity index (χ2n) is 10.8. The van der Waals surface area contributed by atoms with Crippen molar-refractivity contribution in [2.45, 2.75) is 76.4 Å². The van der Waals surface area contributed by atoms with Gasteiger partial charge in [-0.1, -0.05) is 67.1 Å². The maximum atomic E-state index is 12.8. The summed E-state index contributed by atoms with van der Waals surface area (Å²) in [6.45, 7) is 4.40. The van der Waals surface area contributed by atoms with Crippen LogP contribution in [0.5, 0.6) is 0 Å². The number of fused-ring (bicyclic) bond motifs is 1. The van der Waals surface area contributed by atoms with Crippen LogP contribution in [0.1, 0.15) is 70.4 Å². The lowest BCUT2D eigenvalue weighted by atomic mass is 9.74. The van der Waals surface area contributed by atoms with E-state index in [1.54, 1.807) is 6.92 Å². The normalized spacial score (nSPS) is 25.6. The van der Waals surface area contributed by atoms with Crippen LogP contribution in [-0.4, -0.2) is 30.1 Å². The second-order valence-corrected chi connectivity index (χ2v) is 10.8. The van der Waals surface area contributed by atoms with Gasteiger partial charge in [0.05, 0.1) is 6.61 Å². The van der Waals surface area contributed by atoms with E-state index in [4.69, 9.17) is 4.74 Å². The highest BCUT2D eigenvalue weighted by molar-refractivity contribution is 6.00. The summed E-state index contributed by atoms with van der Waals surface area (Å²) in [5.74, 6) is 0.596. The van der Waals surface area contributed by atoms with E-state index >= 15 is 0 Å². The minimum absolute atomic E-state index is 0.164. The Kier molecular flexibility index (Phi) is 7.29. The first-order valence-electron chi connectivity index (χ1n) is 13.6. The highest BCUT2D eigenvalue weighted by atomic mass is 16.5. The number of allylic oxidation sites excluding steroid dienone is 2. The molecule has 2 saturated carbocycles. The predicted molar refractivity (Wildman–Crippen MR) is 143 cm³/mol. The van der Waals surface area contributed by atoms with Crippen LogP contribution in [0.4, 0.5) is 0 Å². The van der Waals surface area contributed by atoms with Gasteiger partial charge < -0.3 is 15.4 Å². The molecule has 0 heterocycles. The van der Waals surface area contributed by atoms with Gasteiger partial charge in [0.25, 0.3) is 5.91 Å². The summed E-state index contributed by atoms with van der Waals surface area (Å²) in [5, 5.41) is 9.48. The molecule has 1 amide bonds. The van der Waals surface area contributed by atoms with Crippen molar-refractivity contribution < 1.29 is 14.3 Å². The first-order valence-corrected chi connectivity index (χ1v) is 13.6.